The van der Waals surface area contributed by atoms with Gasteiger partial charge in [0.25, 0.3) is 5.91 Å². The fourth-order valence-electron chi connectivity index (χ4n) is 3.36. The van der Waals surface area contributed by atoms with Crippen molar-refractivity contribution in [2.45, 2.75) is 37.5 Å². The molecule has 0 aliphatic carbocycles. The van der Waals surface area contributed by atoms with E-state index in [1.54, 1.807) is 24.3 Å². The van der Waals surface area contributed by atoms with E-state index in [1.807, 2.05) is 13.8 Å². The minimum Gasteiger partial charge on any atom is -0.452 e. The number of carbonyl (C=O) groups excluding carboxylic acids is 2. The van der Waals surface area contributed by atoms with E-state index in [0.29, 0.717) is 5.02 Å². The van der Waals surface area contributed by atoms with Crippen LogP contribution < -0.4 is 5.32 Å². The molecular formula is C22H25ClN2O6S. The lowest BCUT2D eigenvalue weighted by atomic mass is 10.2. The number of nitrogens with zero attached hydrogens (tertiary/aromatic N) is 1. The molecular weight excluding hydrogens is 456 g/mol. The molecule has 0 saturated carbocycles. The predicted molar refractivity (Wildman–Crippen MR) is 119 cm³/mol. The molecule has 1 amide bonds. The molecule has 1 fully saturated rings. The van der Waals surface area contributed by atoms with Gasteiger partial charge in [-0.2, -0.15) is 4.31 Å². The van der Waals surface area contributed by atoms with E-state index < -0.39 is 28.5 Å². The van der Waals surface area contributed by atoms with Crippen LogP contribution in [0.15, 0.2) is 53.4 Å². The molecule has 2 aromatic rings. The van der Waals surface area contributed by atoms with Gasteiger partial charge in [0, 0.05) is 24.7 Å². The number of benzene rings is 2. The standard InChI is InChI=1S/C22H25ClN2O6S/c1-15-12-25(13-16(2)31-15)32(28,29)19-8-5-7-17(10-19)22(27)30-14-21(26)24-11-18-6-3-4-9-20(18)23/h3-10,15-16H,11-14H2,1-2H3,(H,24,26)/t15-,16-/m0/s1. The molecule has 1 heterocycles. The molecule has 10 heteroatoms. The van der Waals surface area contributed by atoms with Crippen LogP contribution in [0.2, 0.25) is 5.02 Å². The van der Waals surface area contributed by atoms with Gasteiger partial charge in [0.2, 0.25) is 10.0 Å². The van der Waals surface area contributed by atoms with Gasteiger partial charge in [0.1, 0.15) is 0 Å². The van der Waals surface area contributed by atoms with E-state index >= 15 is 0 Å². The smallest absolute Gasteiger partial charge is 0.338 e. The van der Waals surface area contributed by atoms with Crippen LogP contribution in [-0.4, -0.2) is 56.5 Å². The number of amides is 1. The lowest BCUT2D eigenvalue weighted by molar-refractivity contribution is -0.124. The second-order valence-corrected chi connectivity index (χ2v) is 9.90. The predicted octanol–water partition coefficient (Wildman–Crippen LogP) is 2.61. The summed E-state index contributed by atoms with van der Waals surface area (Å²) in [7, 11) is -3.80. The van der Waals surface area contributed by atoms with E-state index in [4.69, 9.17) is 21.1 Å². The molecule has 2 aromatic carbocycles. The van der Waals surface area contributed by atoms with E-state index in [2.05, 4.69) is 5.32 Å². The molecule has 0 bridgehead atoms. The second kappa shape index (κ2) is 10.4. The number of hydrogen-bond acceptors (Lipinski definition) is 6. The number of sulfonamides is 1. The Morgan fingerprint density at radius 2 is 1.81 bits per heavy atom. The summed E-state index contributed by atoms with van der Waals surface area (Å²) in [5.41, 5.74) is 0.776. The Morgan fingerprint density at radius 3 is 2.50 bits per heavy atom. The summed E-state index contributed by atoms with van der Waals surface area (Å²) >= 11 is 6.04. The molecule has 0 unspecified atom stereocenters. The molecule has 32 heavy (non-hydrogen) atoms. The molecule has 1 aliphatic heterocycles. The van der Waals surface area contributed by atoms with Gasteiger partial charge in [-0.25, -0.2) is 13.2 Å². The number of carbonyl (C=O) groups is 2. The van der Waals surface area contributed by atoms with Crippen LogP contribution >= 0.6 is 11.6 Å². The Morgan fingerprint density at radius 1 is 1.12 bits per heavy atom. The first kappa shape index (κ1) is 24.2. The van der Waals surface area contributed by atoms with E-state index in [0.717, 1.165) is 5.56 Å². The molecule has 0 aromatic heterocycles. The van der Waals surface area contributed by atoms with Crippen molar-refractivity contribution in [3.63, 3.8) is 0 Å². The molecule has 3 rings (SSSR count). The maximum atomic E-state index is 13.0. The van der Waals surface area contributed by atoms with Crippen molar-refractivity contribution in [1.82, 2.24) is 9.62 Å². The molecule has 1 N–H and O–H groups in total. The van der Waals surface area contributed by atoms with Crippen LogP contribution in [-0.2, 0) is 30.8 Å². The van der Waals surface area contributed by atoms with Gasteiger partial charge < -0.3 is 14.8 Å². The summed E-state index contributed by atoms with van der Waals surface area (Å²) in [5.74, 6) is -1.29. The number of ether oxygens (including phenoxy) is 2. The third-order valence-corrected chi connectivity index (χ3v) is 7.06. The molecule has 0 radical (unpaired) electrons. The highest BCUT2D eigenvalue weighted by Crippen LogP contribution is 2.22. The Hall–Kier alpha value is -2.46. The lowest BCUT2D eigenvalue weighted by Crippen LogP contribution is -2.48. The van der Waals surface area contributed by atoms with Crippen molar-refractivity contribution in [3.05, 3.63) is 64.7 Å². The third kappa shape index (κ3) is 6.07. The number of rotatable bonds is 7. The van der Waals surface area contributed by atoms with Crippen molar-refractivity contribution < 1.29 is 27.5 Å². The summed E-state index contributed by atoms with van der Waals surface area (Å²) in [4.78, 5) is 24.4. The summed E-state index contributed by atoms with van der Waals surface area (Å²) in [6.45, 7) is 3.77. The van der Waals surface area contributed by atoms with Crippen molar-refractivity contribution >= 4 is 33.5 Å². The molecule has 1 saturated heterocycles. The highest BCUT2D eigenvalue weighted by molar-refractivity contribution is 7.89. The Bertz CT molecular complexity index is 1080. The summed E-state index contributed by atoms with van der Waals surface area (Å²) in [5, 5.41) is 3.14. The molecule has 0 spiro atoms. The van der Waals surface area contributed by atoms with Gasteiger partial charge in [-0.05, 0) is 43.7 Å². The van der Waals surface area contributed by atoms with E-state index in [1.165, 1.54) is 28.6 Å². The first-order valence-corrected chi connectivity index (χ1v) is 11.9. The van der Waals surface area contributed by atoms with Crippen molar-refractivity contribution in [2.75, 3.05) is 19.7 Å². The Labute approximate surface area is 192 Å². The summed E-state index contributed by atoms with van der Waals surface area (Å²) in [6, 6.07) is 12.6. The highest BCUT2D eigenvalue weighted by atomic mass is 35.5. The number of morpholine rings is 1. The van der Waals surface area contributed by atoms with Gasteiger partial charge in [-0.3, -0.25) is 4.79 Å². The monoisotopic (exact) mass is 480 g/mol. The van der Waals surface area contributed by atoms with Crippen LogP contribution in [0.4, 0.5) is 0 Å². The average Bonchev–Trinajstić information content (AvgIpc) is 2.76. The Balaban J connectivity index is 1.60. The zero-order chi connectivity index (χ0) is 23.3. The van der Waals surface area contributed by atoms with Crippen LogP contribution in [0.25, 0.3) is 0 Å². The van der Waals surface area contributed by atoms with Crippen LogP contribution in [0.3, 0.4) is 0 Å². The van der Waals surface area contributed by atoms with Crippen molar-refractivity contribution in [2.24, 2.45) is 0 Å². The molecule has 2 atom stereocenters. The third-order valence-electron chi connectivity index (χ3n) is 4.86. The summed E-state index contributed by atoms with van der Waals surface area (Å²) in [6.07, 6.45) is -0.461. The normalized spacial score (nSPS) is 19.3. The van der Waals surface area contributed by atoms with Crippen molar-refractivity contribution in [3.8, 4) is 0 Å². The van der Waals surface area contributed by atoms with Crippen LogP contribution in [0.5, 0.6) is 0 Å². The zero-order valence-electron chi connectivity index (χ0n) is 17.8. The topological polar surface area (TPSA) is 102 Å². The average molecular weight is 481 g/mol. The minimum absolute atomic E-state index is 0.0172. The van der Waals surface area contributed by atoms with Crippen LogP contribution in [0.1, 0.15) is 29.8 Å². The van der Waals surface area contributed by atoms with Crippen molar-refractivity contribution in [1.29, 1.82) is 0 Å². The van der Waals surface area contributed by atoms with Gasteiger partial charge in [-0.15, -0.1) is 0 Å². The lowest BCUT2D eigenvalue weighted by Gasteiger charge is -2.34. The van der Waals surface area contributed by atoms with Gasteiger partial charge in [0.15, 0.2) is 6.61 Å². The quantitative estimate of drug-likeness (QED) is 0.611. The van der Waals surface area contributed by atoms with E-state index in [-0.39, 0.29) is 42.3 Å². The minimum atomic E-state index is -3.80. The SMILES string of the molecule is C[C@H]1CN(S(=O)(=O)c2cccc(C(=O)OCC(=O)NCc3ccccc3Cl)c2)C[C@H](C)O1. The van der Waals surface area contributed by atoms with Gasteiger partial charge in [-0.1, -0.05) is 35.9 Å². The fourth-order valence-corrected chi connectivity index (χ4v) is 5.20. The zero-order valence-corrected chi connectivity index (χ0v) is 19.4. The maximum Gasteiger partial charge on any atom is 0.338 e. The number of esters is 1. The first-order chi connectivity index (χ1) is 15.2. The fraction of sp³-hybridized carbons (Fsp3) is 0.364. The maximum absolute atomic E-state index is 13.0. The second-order valence-electron chi connectivity index (χ2n) is 7.55. The summed E-state index contributed by atoms with van der Waals surface area (Å²) < 4.78 is 38.0. The molecule has 8 nitrogen and oxygen atoms in total. The Kier molecular flexibility index (Phi) is 7.89. The number of nitrogens with one attached hydrogen (secondary N) is 1. The van der Waals surface area contributed by atoms with Gasteiger partial charge >= 0.3 is 5.97 Å². The van der Waals surface area contributed by atoms with Gasteiger partial charge in [0.05, 0.1) is 22.7 Å². The first-order valence-electron chi connectivity index (χ1n) is 10.1. The number of halogens is 1. The largest absolute Gasteiger partial charge is 0.452 e. The molecule has 172 valence electrons. The van der Waals surface area contributed by atoms with E-state index in [9.17, 15) is 18.0 Å². The van der Waals surface area contributed by atoms with Crippen LogP contribution in [0, 0.1) is 0 Å². The number of hydrogen-bond donors (Lipinski definition) is 1. The molecule has 1 aliphatic rings. The highest BCUT2D eigenvalue weighted by Gasteiger charge is 2.32.